The molecule has 6 heteroatoms. The van der Waals surface area contributed by atoms with Gasteiger partial charge in [0.2, 0.25) is 5.91 Å². The lowest BCUT2D eigenvalue weighted by molar-refractivity contribution is -0.119. The van der Waals surface area contributed by atoms with Crippen molar-refractivity contribution in [2.75, 3.05) is 39.3 Å². The number of piperidine rings is 1. The van der Waals surface area contributed by atoms with Crippen LogP contribution in [0.3, 0.4) is 0 Å². The van der Waals surface area contributed by atoms with Gasteiger partial charge in [0.25, 0.3) is 0 Å². The van der Waals surface area contributed by atoms with Gasteiger partial charge in [-0.3, -0.25) is 14.7 Å². The maximum atomic E-state index is 11.3. The lowest BCUT2D eigenvalue weighted by Gasteiger charge is -2.35. The predicted molar refractivity (Wildman–Crippen MR) is 116 cm³/mol. The van der Waals surface area contributed by atoms with Gasteiger partial charge in [-0.25, -0.2) is 0 Å². The number of amides is 1. The fourth-order valence-corrected chi connectivity index (χ4v) is 4.08. The molecule has 2 unspecified atom stereocenters. The van der Waals surface area contributed by atoms with E-state index in [0.717, 1.165) is 51.5 Å². The highest BCUT2D eigenvalue weighted by Gasteiger charge is 2.24. The molecule has 1 aliphatic heterocycles. The van der Waals surface area contributed by atoms with Crippen LogP contribution in [-0.4, -0.2) is 60.9 Å². The van der Waals surface area contributed by atoms with Crippen molar-refractivity contribution in [3.05, 3.63) is 35.9 Å². The van der Waals surface area contributed by atoms with Crippen molar-refractivity contribution in [3.8, 4) is 0 Å². The Labute approximate surface area is 170 Å². The zero-order valence-electron chi connectivity index (χ0n) is 17.7. The molecule has 1 aliphatic rings. The Balaban J connectivity index is 2.17. The van der Waals surface area contributed by atoms with Gasteiger partial charge in [0.05, 0.1) is 12.6 Å². The second-order valence-corrected chi connectivity index (χ2v) is 7.47. The molecule has 28 heavy (non-hydrogen) atoms. The first kappa shape index (κ1) is 22.2. The first-order valence-electron chi connectivity index (χ1n) is 10.7. The molecule has 1 saturated heterocycles. The largest absolute Gasteiger partial charge is 0.370 e. The number of hydrogen-bond donors (Lipinski definition) is 2. The Morgan fingerprint density at radius 3 is 2.61 bits per heavy atom. The predicted octanol–water partition coefficient (Wildman–Crippen LogP) is 2.62. The van der Waals surface area contributed by atoms with Gasteiger partial charge in [0.1, 0.15) is 0 Å². The highest BCUT2D eigenvalue weighted by Crippen LogP contribution is 2.22. The molecule has 6 nitrogen and oxygen atoms in total. The van der Waals surface area contributed by atoms with Gasteiger partial charge in [-0.15, -0.1) is 0 Å². The van der Waals surface area contributed by atoms with Crippen LogP contribution in [0.1, 0.15) is 51.6 Å². The summed E-state index contributed by atoms with van der Waals surface area (Å²) in [6, 6.07) is 10.9. The monoisotopic (exact) mass is 387 g/mol. The van der Waals surface area contributed by atoms with Crippen molar-refractivity contribution in [3.63, 3.8) is 0 Å². The number of likely N-dealkylation sites (tertiary alicyclic amines) is 1. The highest BCUT2D eigenvalue weighted by molar-refractivity contribution is 5.80. The molecule has 2 rings (SSSR count). The number of hydrogen-bond acceptors (Lipinski definition) is 3. The standard InChI is InChI=1S/C22H37N5O/c1-4-24-22(27-14-10-11-18(17-27)15-21(23)28)25-16-20(26(5-2)6-3)19-12-8-7-9-13-19/h7-9,12-13,18,20H,4-6,10-11,14-17H2,1-3H3,(H2,23,28)(H,24,25). The molecule has 1 aromatic rings. The first-order chi connectivity index (χ1) is 13.6. The van der Waals surface area contributed by atoms with E-state index < -0.39 is 0 Å². The zero-order valence-corrected chi connectivity index (χ0v) is 17.7. The summed E-state index contributed by atoms with van der Waals surface area (Å²) in [5.74, 6) is 1.06. The minimum atomic E-state index is -0.209. The fraction of sp³-hybridized carbons (Fsp3) is 0.636. The third-order valence-electron chi connectivity index (χ3n) is 5.49. The fourth-order valence-electron chi connectivity index (χ4n) is 4.08. The van der Waals surface area contributed by atoms with Crippen molar-refractivity contribution in [1.82, 2.24) is 15.1 Å². The molecule has 1 aromatic carbocycles. The van der Waals surface area contributed by atoms with Gasteiger partial charge in [-0.2, -0.15) is 0 Å². The van der Waals surface area contributed by atoms with E-state index >= 15 is 0 Å². The minimum absolute atomic E-state index is 0.209. The van der Waals surface area contributed by atoms with Crippen molar-refractivity contribution in [1.29, 1.82) is 0 Å². The SMILES string of the molecule is CCNC(=NCC(c1ccccc1)N(CC)CC)N1CCCC(CC(N)=O)C1. The number of carbonyl (C=O) groups excluding carboxylic acids is 1. The van der Waals surface area contributed by atoms with Gasteiger partial charge < -0.3 is 16.0 Å². The number of aliphatic imine (C=N–C) groups is 1. The number of nitrogens with one attached hydrogen (secondary N) is 1. The van der Waals surface area contributed by atoms with Crippen molar-refractivity contribution < 1.29 is 4.79 Å². The summed E-state index contributed by atoms with van der Waals surface area (Å²) in [5.41, 5.74) is 6.72. The summed E-state index contributed by atoms with van der Waals surface area (Å²) >= 11 is 0. The minimum Gasteiger partial charge on any atom is -0.370 e. The van der Waals surface area contributed by atoms with Crippen molar-refractivity contribution in [2.45, 2.75) is 46.1 Å². The number of nitrogens with zero attached hydrogens (tertiary/aromatic N) is 3. The number of benzene rings is 1. The van der Waals surface area contributed by atoms with E-state index in [-0.39, 0.29) is 11.9 Å². The molecule has 1 fully saturated rings. The van der Waals surface area contributed by atoms with Crippen LogP contribution >= 0.6 is 0 Å². The van der Waals surface area contributed by atoms with E-state index in [0.29, 0.717) is 18.9 Å². The van der Waals surface area contributed by atoms with E-state index in [1.165, 1.54) is 5.56 Å². The molecule has 0 aliphatic carbocycles. The van der Waals surface area contributed by atoms with Gasteiger partial charge in [0.15, 0.2) is 5.96 Å². The van der Waals surface area contributed by atoms with E-state index in [4.69, 9.17) is 10.7 Å². The molecule has 1 heterocycles. The van der Waals surface area contributed by atoms with Gasteiger partial charge in [-0.05, 0) is 44.3 Å². The number of nitrogens with two attached hydrogens (primary N) is 1. The third kappa shape index (κ3) is 6.51. The smallest absolute Gasteiger partial charge is 0.217 e. The second kappa shape index (κ2) is 11.7. The normalized spacial score (nSPS) is 18.9. The molecular weight excluding hydrogens is 350 g/mol. The van der Waals surface area contributed by atoms with E-state index in [1.54, 1.807) is 0 Å². The maximum absolute atomic E-state index is 11.3. The molecule has 0 saturated carbocycles. The topological polar surface area (TPSA) is 74.0 Å². The zero-order chi connectivity index (χ0) is 20.4. The van der Waals surface area contributed by atoms with E-state index in [1.807, 2.05) is 0 Å². The molecule has 0 spiro atoms. The Morgan fingerprint density at radius 1 is 1.29 bits per heavy atom. The average Bonchev–Trinajstić information content (AvgIpc) is 2.70. The third-order valence-corrected chi connectivity index (χ3v) is 5.49. The molecule has 0 radical (unpaired) electrons. The van der Waals surface area contributed by atoms with Crippen LogP contribution in [-0.2, 0) is 4.79 Å². The van der Waals surface area contributed by atoms with Gasteiger partial charge in [0, 0.05) is 26.1 Å². The molecular formula is C22H37N5O. The van der Waals surface area contributed by atoms with Crippen LogP contribution in [0.2, 0.25) is 0 Å². The number of carbonyl (C=O) groups is 1. The molecule has 3 N–H and O–H groups in total. The van der Waals surface area contributed by atoms with Crippen LogP contribution in [0.5, 0.6) is 0 Å². The summed E-state index contributed by atoms with van der Waals surface area (Å²) in [5, 5.41) is 3.45. The van der Waals surface area contributed by atoms with Crippen LogP contribution in [0.25, 0.3) is 0 Å². The van der Waals surface area contributed by atoms with Gasteiger partial charge >= 0.3 is 0 Å². The molecule has 0 bridgehead atoms. The summed E-state index contributed by atoms with van der Waals surface area (Å²) in [6.45, 7) is 11.8. The van der Waals surface area contributed by atoms with E-state index in [9.17, 15) is 4.79 Å². The number of primary amides is 1. The summed E-state index contributed by atoms with van der Waals surface area (Å²) in [7, 11) is 0. The maximum Gasteiger partial charge on any atom is 0.217 e. The summed E-state index contributed by atoms with van der Waals surface area (Å²) < 4.78 is 0. The Kier molecular flexibility index (Phi) is 9.28. The quantitative estimate of drug-likeness (QED) is 0.505. The van der Waals surface area contributed by atoms with Crippen molar-refractivity contribution >= 4 is 11.9 Å². The molecule has 2 atom stereocenters. The first-order valence-corrected chi connectivity index (χ1v) is 10.7. The molecule has 156 valence electrons. The number of likely N-dealkylation sites (N-methyl/N-ethyl adjacent to an activating group) is 1. The Morgan fingerprint density at radius 2 is 2.00 bits per heavy atom. The van der Waals surface area contributed by atoms with Gasteiger partial charge in [-0.1, -0.05) is 44.2 Å². The Hall–Kier alpha value is -2.08. The number of rotatable bonds is 9. The Bertz CT molecular complexity index is 615. The van der Waals surface area contributed by atoms with E-state index in [2.05, 4.69) is 66.2 Å². The second-order valence-electron chi connectivity index (χ2n) is 7.47. The highest BCUT2D eigenvalue weighted by atomic mass is 16.1. The summed E-state index contributed by atoms with van der Waals surface area (Å²) in [4.78, 5) is 21.1. The molecule has 0 aromatic heterocycles. The van der Waals surface area contributed by atoms with Crippen LogP contribution < -0.4 is 11.1 Å². The van der Waals surface area contributed by atoms with Crippen LogP contribution in [0, 0.1) is 5.92 Å². The van der Waals surface area contributed by atoms with Crippen LogP contribution in [0.15, 0.2) is 35.3 Å². The van der Waals surface area contributed by atoms with Crippen molar-refractivity contribution in [2.24, 2.45) is 16.6 Å². The molecule has 1 amide bonds. The lowest BCUT2D eigenvalue weighted by atomic mass is 9.95. The van der Waals surface area contributed by atoms with Crippen LogP contribution in [0.4, 0.5) is 0 Å². The summed E-state index contributed by atoms with van der Waals surface area (Å²) in [6.07, 6.45) is 2.59. The average molecular weight is 388 g/mol. The number of guanidine groups is 1. The lowest BCUT2D eigenvalue weighted by Crippen LogP contribution is -2.47.